The fourth-order valence-corrected chi connectivity index (χ4v) is 4.93. The molecule has 164 valence electrons. The van der Waals surface area contributed by atoms with Crippen LogP contribution in [0.2, 0.25) is 0 Å². The van der Waals surface area contributed by atoms with Crippen LogP contribution in [0.25, 0.3) is 11.7 Å². The van der Waals surface area contributed by atoms with Gasteiger partial charge in [0.25, 0.3) is 11.5 Å². The Hall–Kier alpha value is -2.27. The van der Waals surface area contributed by atoms with Crippen LogP contribution in [-0.4, -0.2) is 82.9 Å². The Kier molecular flexibility index (Phi) is 6.42. The summed E-state index contributed by atoms with van der Waals surface area (Å²) in [4.78, 5) is 37.6. The monoisotopic (exact) mass is 459 g/mol. The van der Waals surface area contributed by atoms with Gasteiger partial charge in [-0.15, -0.1) is 0 Å². The fraction of sp³-hybridized carbons (Fsp3) is 0.429. The van der Waals surface area contributed by atoms with Crippen LogP contribution in [0.15, 0.2) is 28.0 Å². The van der Waals surface area contributed by atoms with Gasteiger partial charge in [0.2, 0.25) is 0 Å². The minimum Gasteiger partial charge on any atom is -0.383 e. The highest BCUT2D eigenvalue weighted by Gasteiger charge is 2.32. The molecular formula is C21H25N5O3S2. The topological polar surface area (TPSA) is 70.4 Å². The summed E-state index contributed by atoms with van der Waals surface area (Å²) in [5, 5.41) is 0. The third kappa shape index (κ3) is 4.38. The number of thioether (sulfide) groups is 1. The number of hydrogen-bond donors (Lipinski definition) is 0. The van der Waals surface area contributed by atoms with Crippen molar-refractivity contribution in [3.05, 3.63) is 44.7 Å². The second-order valence-corrected chi connectivity index (χ2v) is 9.38. The average molecular weight is 460 g/mol. The maximum absolute atomic E-state index is 13.5. The van der Waals surface area contributed by atoms with Crippen LogP contribution < -0.4 is 10.5 Å². The molecule has 0 N–H and O–H groups in total. The Morgan fingerprint density at radius 2 is 1.97 bits per heavy atom. The van der Waals surface area contributed by atoms with Gasteiger partial charge >= 0.3 is 0 Å². The number of methoxy groups -OCH3 is 1. The van der Waals surface area contributed by atoms with Crippen molar-refractivity contribution in [2.75, 3.05) is 58.4 Å². The van der Waals surface area contributed by atoms with Crippen molar-refractivity contribution >= 4 is 51.7 Å². The summed E-state index contributed by atoms with van der Waals surface area (Å²) < 4.78 is 7.10. The third-order valence-corrected chi connectivity index (χ3v) is 6.83. The van der Waals surface area contributed by atoms with Gasteiger partial charge in [0, 0.05) is 39.5 Å². The molecule has 0 bridgehead atoms. The van der Waals surface area contributed by atoms with E-state index >= 15 is 0 Å². The minimum absolute atomic E-state index is 0.190. The highest BCUT2D eigenvalue weighted by atomic mass is 32.2. The van der Waals surface area contributed by atoms with Crippen LogP contribution in [0.5, 0.6) is 0 Å². The zero-order valence-electron chi connectivity index (χ0n) is 17.8. The fourth-order valence-electron chi connectivity index (χ4n) is 3.64. The molecule has 0 saturated carbocycles. The predicted octanol–water partition coefficient (Wildman–Crippen LogP) is 1.60. The average Bonchev–Trinajstić information content (AvgIpc) is 3.02. The van der Waals surface area contributed by atoms with E-state index in [0.717, 1.165) is 31.7 Å². The number of aryl methyl sites for hydroxylation is 1. The lowest BCUT2D eigenvalue weighted by Crippen LogP contribution is -2.45. The molecule has 0 aliphatic carbocycles. The number of thiocarbonyl (C=S) groups is 1. The largest absolute Gasteiger partial charge is 0.383 e. The van der Waals surface area contributed by atoms with Gasteiger partial charge in [-0.25, -0.2) is 4.98 Å². The maximum atomic E-state index is 13.5. The molecular weight excluding hydrogens is 434 g/mol. The van der Waals surface area contributed by atoms with Crippen molar-refractivity contribution in [1.29, 1.82) is 0 Å². The number of hydrogen-bond acceptors (Lipinski definition) is 8. The Morgan fingerprint density at radius 3 is 2.68 bits per heavy atom. The summed E-state index contributed by atoms with van der Waals surface area (Å²) >= 11 is 6.59. The zero-order chi connectivity index (χ0) is 22.1. The van der Waals surface area contributed by atoms with Crippen molar-refractivity contribution in [3.8, 4) is 0 Å². The molecule has 2 aromatic rings. The molecule has 0 atom stereocenters. The van der Waals surface area contributed by atoms with E-state index in [9.17, 15) is 9.59 Å². The van der Waals surface area contributed by atoms with Crippen LogP contribution in [0.4, 0.5) is 5.82 Å². The lowest BCUT2D eigenvalue weighted by atomic mass is 10.2. The van der Waals surface area contributed by atoms with Crippen LogP contribution in [0.1, 0.15) is 11.1 Å². The molecule has 10 heteroatoms. The van der Waals surface area contributed by atoms with E-state index < -0.39 is 0 Å². The predicted molar refractivity (Wildman–Crippen MR) is 128 cm³/mol. The second kappa shape index (κ2) is 9.07. The van der Waals surface area contributed by atoms with E-state index in [1.54, 1.807) is 23.8 Å². The van der Waals surface area contributed by atoms with Gasteiger partial charge in [0.1, 0.15) is 15.8 Å². The first-order chi connectivity index (χ1) is 14.9. The Balaban J connectivity index is 1.82. The van der Waals surface area contributed by atoms with Gasteiger partial charge in [0.15, 0.2) is 0 Å². The summed E-state index contributed by atoms with van der Waals surface area (Å²) in [6.07, 6.45) is 3.43. The van der Waals surface area contributed by atoms with Crippen molar-refractivity contribution in [1.82, 2.24) is 19.2 Å². The number of fused-ring (bicyclic) bond motifs is 1. The number of carbonyl (C=O) groups excluding carboxylic acids is 1. The Labute approximate surface area is 190 Å². The molecule has 1 amide bonds. The van der Waals surface area contributed by atoms with Crippen molar-refractivity contribution in [2.24, 2.45) is 0 Å². The summed E-state index contributed by atoms with van der Waals surface area (Å²) in [6, 6.07) is 3.79. The van der Waals surface area contributed by atoms with E-state index in [-0.39, 0.29) is 11.5 Å². The van der Waals surface area contributed by atoms with Gasteiger partial charge < -0.3 is 14.5 Å². The van der Waals surface area contributed by atoms with Crippen LogP contribution in [0, 0.1) is 6.92 Å². The minimum atomic E-state index is -0.204. The van der Waals surface area contributed by atoms with E-state index in [2.05, 4.69) is 16.8 Å². The van der Waals surface area contributed by atoms with E-state index in [1.165, 1.54) is 16.7 Å². The number of ether oxygens (including phenoxy) is 1. The molecule has 31 heavy (non-hydrogen) atoms. The summed E-state index contributed by atoms with van der Waals surface area (Å²) in [6.45, 7) is 6.01. The van der Waals surface area contributed by atoms with E-state index in [1.807, 2.05) is 19.1 Å². The van der Waals surface area contributed by atoms with Crippen molar-refractivity contribution < 1.29 is 9.53 Å². The van der Waals surface area contributed by atoms with Crippen molar-refractivity contribution in [2.45, 2.75) is 6.92 Å². The molecule has 2 fully saturated rings. The van der Waals surface area contributed by atoms with E-state index in [4.69, 9.17) is 21.9 Å². The normalized spacial score (nSPS) is 19.3. The van der Waals surface area contributed by atoms with Gasteiger partial charge in [-0.1, -0.05) is 30.0 Å². The molecule has 2 saturated heterocycles. The standard InChI is InChI=1S/C21H25N5O3S2/c1-14-4-5-17-22-18(24-8-6-23(2)7-9-24)15(19(27)26(17)13-14)12-16-20(28)25(10-11-29-3)21(30)31-16/h4-5,12-13H,6-11H2,1-3H3/b16-12-. The SMILES string of the molecule is COCCN1C(=O)/C(=C/c2c(N3CCN(C)CC3)nc3ccc(C)cn3c2=O)SC1=S. The molecule has 8 nitrogen and oxygen atoms in total. The number of anilines is 1. The first-order valence-electron chi connectivity index (χ1n) is 10.1. The molecule has 0 radical (unpaired) electrons. The molecule has 2 aliphatic heterocycles. The smallest absolute Gasteiger partial charge is 0.267 e. The molecule has 0 unspecified atom stereocenters. The quantitative estimate of drug-likeness (QED) is 0.493. The number of pyridine rings is 1. The van der Waals surface area contributed by atoms with Crippen LogP contribution in [-0.2, 0) is 9.53 Å². The number of amides is 1. The van der Waals surface area contributed by atoms with Crippen LogP contribution >= 0.6 is 24.0 Å². The number of piperazine rings is 1. The summed E-state index contributed by atoms with van der Waals surface area (Å²) in [5.41, 5.74) is 1.78. The first kappa shape index (κ1) is 21.9. The van der Waals surface area contributed by atoms with Gasteiger partial charge in [-0.2, -0.15) is 0 Å². The summed E-state index contributed by atoms with van der Waals surface area (Å²) in [5.74, 6) is 0.411. The Bertz CT molecular complexity index is 1120. The van der Waals surface area contributed by atoms with Gasteiger partial charge in [-0.05, 0) is 31.7 Å². The molecule has 2 aliphatic rings. The van der Waals surface area contributed by atoms with Gasteiger partial charge in [-0.3, -0.25) is 18.9 Å². The first-order valence-corrected chi connectivity index (χ1v) is 11.3. The third-order valence-electron chi connectivity index (χ3n) is 5.46. The maximum Gasteiger partial charge on any atom is 0.267 e. The van der Waals surface area contributed by atoms with Crippen LogP contribution in [0.3, 0.4) is 0 Å². The lowest BCUT2D eigenvalue weighted by molar-refractivity contribution is -0.122. The van der Waals surface area contributed by atoms with Gasteiger partial charge in [0.05, 0.1) is 23.6 Å². The molecule has 2 aromatic heterocycles. The highest BCUT2D eigenvalue weighted by molar-refractivity contribution is 8.26. The number of carbonyl (C=O) groups is 1. The number of likely N-dealkylation sites (N-methyl/N-ethyl adjacent to an activating group) is 1. The highest BCUT2D eigenvalue weighted by Crippen LogP contribution is 2.33. The number of rotatable bonds is 5. The zero-order valence-corrected chi connectivity index (χ0v) is 19.5. The second-order valence-electron chi connectivity index (χ2n) is 7.71. The summed E-state index contributed by atoms with van der Waals surface area (Å²) in [7, 11) is 3.66. The molecule has 4 rings (SSSR count). The molecule has 0 spiro atoms. The molecule has 4 heterocycles. The Morgan fingerprint density at radius 1 is 1.23 bits per heavy atom. The number of nitrogens with zero attached hydrogens (tertiary/aromatic N) is 5. The lowest BCUT2D eigenvalue weighted by Gasteiger charge is -2.34. The van der Waals surface area contributed by atoms with Crippen molar-refractivity contribution in [3.63, 3.8) is 0 Å². The van der Waals surface area contributed by atoms with E-state index in [0.29, 0.717) is 39.4 Å². The number of aromatic nitrogens is 2. The molecule has 0 aromatic carbocycles.